The van der Waals surface area contributed by atoms with Gasteiger partial charge in [-0.15, -0.1) is 0 Å². The topological polar surface area (TPSA) is 83.7 Å². The highest BCUT2D eigenvalue weighted by molar-refractivity contribution is 9.10. The normalized spacial score (nSPS) is 17.2. The minimum absolute atomic E-state index is 0.110. The van der Waals surface area contributed by atoms with Crippen molar-refractivity contribution in [2.75, 3.05) is 26.2 Å². The molecule has 0 unspecified atom stereocenters. The van der Waals surface area contributed by atoms with Gasteiger partial charge in [-0.3, -0.25) is 4.79 Å². The van der Waals surface area contributed by atoms with Crippen LogP contribution in [0.4, 0.5) is 4.39 Å². The van der Waals surface area contributed by atoms with Gasteiger partial charge in [-0.25, -0.2) is 9.53 Å². The van der Waals surface area contributed by atoms with Crippen molar-refractivity contribution in [3.8, 4) is 0 Å². The van der Waals surface area contributed by atoms with Crippen LogP contribution in [0.25, 0.3) is 0 Å². The Labute approximate surface area is 124 Å². The minimum Gasteiger partial charge on any atom is -0.336 e. The van der Waals surface area contributed by atoms with Gasteiger partial charge in [0.05, 0.1) is 10.0 Å². The molecule has 0 bridgehead atoms. The van der Waals surface area contributed by atoms with Crippen molar-refractivity contribution >= 4 is 32.0 Å². The summed E-state index contributed by atoms with van der Waals surface area (Å²) in [5.74, 6) is -0.857. The predicted molar refractivity (Wildman–Crippen MR) is 74.7 cm³/mol. The number of nitrogens with zero attached hydrogens (tertiary/aromatic N) is 2. The summed E-state index contributed by atoms with van der Waals surface area (Å²) >= 11 is 3.04. The maximum Gasteiger partial charge on any atom is 0.277 e. The van der Waals surface area contributed by atoms with Gasteiger partial charge in [-0.2, -0.15) is 12.7 Å². The number of rotatable bonds is 2. The average Bonchev–Trinajstić information content (AvgIpc) is 2.40. The lowest BCUT2D eigenvalue weighted by atomic mass is 10.2. The molecule has 110 valence electrons. The molecule has 1 fully saturated rings. The maximum atomic E-state index is 13.4. The summed E-state index contributed by atoms with van der Waals surface area (Å²) in [6.07, 6.45) is 0. The van der Waals surface area contributed by atoms with Gasteiger partial charge < -0.3 is 4.90 Å². The maximum absolute atomic E-state index is 13.4. The molecule has 1 amide bonds. The first-order valence-electron chi connectivity index (χ1n) is 5.82. The number of nitrogens with two attached hydrogens (primary N) is 1. The Morgan fingerprint density at radius 2 is 1.85 bits per heavy atom. The van der Waals surface area contributed by atoms with E-state index in [2.05, 4.69) is 15.9 Å². The summed E-state index contributed by atoms with van der Waals surface area (Å²) in [7, 11) is -3.73. The molecule has 0 radical (unpaired) electrons. The summed E-state index contributed by atoms with van der Waals surface area (Å²) in [5, 5.41) is 5.02. The molecule has 0 aliphatic carbocycles. The van der Waals surface area contributed by atoms with Gasteiger partial charge >= 0.3 is 0 Å². The third-order valence-electron chi connectivity index (χ3n) is 3.07. The molecule has 1 saturated heterocycles. The Kier molecular flexibility index (Phi) is 4.43. The molecule has 6 nitrogen and oxygen atoms in total. The molecule has 0 aromatic heterocycles. The molecule has 20 heavy (non-hydrogen) atoms. The monoisotopic (exact) mass is 365 g/mol. The van der Waals surface area contributed by atoms with E-state index in [4.69, 9.17) is 5.14 Å². The fourth-order valence-corrected chi connectivity index (χ4v) is 3.09. The zero-order valence-corrected chi connectivity index (χ0v) is 12.8. The molecule has 1 heterocycles. The van der Waals surface area contributed by atoms with Crippen LogP contribution in [0.1, 0.15) is 10.4 Å². The van der Waals surface area contributed by atoms with Gasteiger partial charge in [-0.1, -0.05) is 6.07 Å². The van der Waals surface area contributed by atoms with Gasteiger partial charge in [0.2, 0.25) is 0 Å². The first-order chi connectivity index (χ1) is 9.30. The third-order valence-corrected chi connectivity index (χ3v) is 4.96. The Morgan fingerprint density at radius 3 is 2.40 bits per heavy atom. The number of hydrogen-bond donors (Lipinski definition) is 1. The van der Waals surface area contributed by atoms with Crippen LogP contribution in [-0.2, 0) is 10.2 Å². The number of carbonyl (C=O) groups excluding carboxylic acids is 1. The van der Waals surface area contributed by atoms with Gasteiger partial charge in [0.25, 0.3) is 16.1 Å². The number of benzene rings is 1. The van der Waals surface area contributed by atoms with E-state index in [0.29, 0.717) is 0 Å². The van der Waals surface area contributed by atoms with Crippen LogP contribution in [0.3, 0.4) is 0 Å². The zero-order valence-electron chi connectivity index (χ0n) is 10.4. The molecule has 1 aromatic carbocycles. The molecule has 1 aliphatic heterocycles. The van der Waals surface area contributed by atoms with Crippen molar-refractivity contribution in [3.63, 3.8) is 0 Å². The predicted octanol–water partition coefficient (Wildman–Crippen LogP) is 0.550. The van der Waals surface area contributed by atoms with E-state index < -0.39 is 16.0 Å². The molecule has 2 rings (SSSR count). The van der Waals surface area contributed by atoms with E-state index in [1.165, 1.54) is 23.1 Å². The fourth-order valence-electron chi connectivity index (χ4n) is 1.98. The summed E-state index contributed by atoms with van der Waals surface area (Å²) in [6, 6.07) is 4.22. The minimum atomic E-state index is -3.73. The Hall–Kier alpha value is -1.03. The molecule has 1 aromatic rings. The molecule has 0 atom stereocenters. The first kappa shape index (κ1) is 15.4. The summed E-state index contributed by atoms with van der Waals surface area (Å²) < 4.78 is 37.0. The van der Waals surface area contributed by atoms with E-state index in [0.717, 1.165) is 4.31 Å². The van der Waals surface area contributed by atoms with Gasteiger partial charge in [0.15, 0.2) is 0 Å². The Bertz CT molecular complexity index is 630. The molecular formula is C11H13BrFN3O3S. The molecular weight excluding hydrogens is 353 g/mol. The summed E-state index contributed by atoms with van der Waals surface area (Å²) in [6.45, 7) is 0.714. The zero-order chi connectivity index (χ0) is 14.9. The van der Waals surface area contributed by atoms with Crippen LogP contribution in [0.5, 0.6) is 0 Å². The number of carbonyl (C=O) groups is 1. The van der Waals surface area contributed by atoms with Crippen molar-refractivity contribution in [3.05, 3.63) is 34.1 Å². The van der Waals surface area contributed by atoms with E-state index in [9.17, 15) is 17.6 Å². The number of hydrogen-bond acceptors (Lipinski definition) is 3. The van der Waals surface area contributed by atoms with Crippen LogP contribution in [-0.4, -0.2) is 49.7 Å². The lowest BCUT2D eigenvalue weighted by molar-refractivity contribution is 0.0696. The van der Waals surface area contributed by atoms with E-state index in [1.807, 2.05) is 0 Å². The Morgan fingerprint density at radius 1 is 1.25 bits per heavy atom. The second-order valence-corrected chi connectivity index (χ2v) is 6.68. The van der Waals surface area contributed by atoms with Crippen LogP contribution >= 0.6 is 15.9 Å². The van der Waals surface area contributed by atoms with Crippen molar-refractivity contribution in [1.82, 2.24) is 9.21 Å². The van der Waals surface area contributed by atoms with Gasteiger partial charge in [0.1, 0.15) is 5.82 Å². The molecule has 9 heteroatoms. The van der Waals surface area contributed by atoms with Crippen molar-refractivity contribution < 1.29 is 17.6 Å². The smallest absolute Gasteiger partial charge is 0.277 e. The standard InChI is InChI=1S/C11H13BrFN3O3S/c12-10-8(2-1-3-9(10)13)11(17)15-4-6-16(7-5-15)20(14,18)19/h1-3H,4-7H2,(H2,14,18,19). The Balaban J connectivity index is 2.11. The number of halogens is 2. The van der Waals surface area contributed by atoms with Crippen molar-refractivity contribution in [1.29, 1.82) is 0 Å². The highest BCUT2D eigenvalue weighted by Crippen LogP contribution is 2.22. The second kappa shape index (κ2) is 5.76. The van der Waals surface area contributed by atoms with E-state index in [1.54, 1.807) is 0 Å². The van der Waals surface area contributed by atoms with Crippen molar-refractivity contribution in [2.24, 2.45) is 5.14 Å². The second-order valence-electron chi connectivity index (χ2n) is 4.34. The SMILES string of the molecule is NS(=O)(=O)N1CCN(C(=O)c2cccc(F)c2Br)CC1. The summed E-state index contributed by atoms with van der Waals surface area (Å²) in [5.41, 5.74) is 0.217. The number of piperazine rings is 1. The first-order valence-corrected chi connectivity index (χ1v) is 8.11. The quantitative estimate of drug-likeness (QED) is 0.830. The largest absolute Gasteiger partial charge is 0.336 e. The van der Waals surface area contributed by atoms with Crippen LogP contribution < -0.4 is 5.14 Å². The fraction of sp³-hybridized carbons (Fsp3) is 0.364. The third kappa shape index (κ3) is 3.17. The van der Waals surface area contributed by atoms with Crippen LogP contribution in [0.15, 0.2) is 22.7 Å². The highest BCUT2D eigenvalue weighted by atomic mass is 79.9. The molecule has 1 aliphatic rings. The average molecular weight is 366 g/mol. The molecule has 0 spiro atoms. The van der Waals surface area contributed by atoms with Crippen molar-refractivity contribution in [2.45, 2.75) is 0 Å². The van der Waals surface area contributed by atoms with Gasteiger partial charge in [0, 0.05) is 26.2 Å². The van der Waals surface area contributed by atoms with Gasteiger partial charge in [-0.05, 0) is 28.1 Å². The summed E-state index contributed by atoms with van der Waals surface area (Å²) in [4.78, 5) is 13.7. The molecule has 2 N–H and O–H groups in total. The lowest BCUT2D eigenvalue weighted by Crippen LogP contribution is -2.52. The van der Waals surface area contributed by atoms with E-state index in [-0.39, 0.29) is 42.1 Å². The van der Waals surface area contributed by atoms with Crippen LogP contribution in [0.2, 0.25) is 0 Å². The molecule has 0 saturated carbocycles. The number of amides is 1. The van der Waals surface area contributed by atoms with E-state index >= 15 is 0 Å². The van der Waals surface area contributed by atoms with Crippen LogP contribution in [0, 0.1) is 5.82 Å². The lowest BCUT2D eigenvalue weighted by Gasteiger charge is -2.33. The highest BCUT2D eigenvalue weighted by Gasteiger charge is 2.28.